The van der Waals surface area contributed by atoms with Gasteiger partial charge in [0.05, 0.1) is 10.5 Å². The lowest BCUT2D eigenvalue weighted by molar-refractivity contribution is -0.138. The van der Waals surface area contributed by atoms with E-state index in [1.165, 1.54) is 0 Å². The Balaban J connectivity index is 3.68. The number of hydrogen-bond donors (Lipinski definition) is 4. The first-order chi connectivity index (χ1) is 5.45. The average molecular weight is 210 g/mol. The lowest BCUT2D eigenvalue weighted by atomic mass is 10.2. The molecule has 0 bridgehead atoms. The fraction of sp³-hybridized carbons (Fsp3) is 0.667. The van der Waals surface area contributed by atoms with E-state index >= 15 is 0 Å². The second-order valence-corrected chi connectivity index (χ2v) is 3.53. The van der Waals surface area contributed by atoms with Crippen molar-refractivity contribution in [3.05, 3.63) is 0 Å². The predicted molar refractivity (Wildman–Crippen MR) is 50.1 cm³/mol. The van der Waals surface area contributed by atoms with Gasteiger partial charge in [-0.3, -0.25) is 9.59 Å². The predicted octanol–water partition coefficient (Wildman–Crippen LogP) is 0.533. The van der Waals surface area contributed by atoms with E-state index in [0.29, 0.717) is 0 Å². The maximum Gasteiger partial charge on any atom is 0.316 e. The molecule has 0 rings (SSSR count). The summed E-state index contributed by atoms with van der Waals surface area (Å²) in [5.41, 5.74) is 0. The van der Waals surface area contributed by atoms with E-state index in [-0.39, 0.29) is 12.8 Å². The van der Waals surface area contributed by atoms with Crippen molar-refractivity contribution in [3.8, 4) is 0 Å². The lowest BCUT2D eigenvalue weighted by Crippen LogP contribution is -2.19. The van der Waals surface area contributed by atoms with Gasteiger partial charge in [0.15, 0.2) is 0 Å². The van der Waals surface area contributed by atoms with Crippen LogP contribution >= 0.6 is 25.3 Å². The van der Waals surface area contributed by atoms with E-state index in [2.05, 4.69) is 25.3 Å². The van der Waals surface area contributed by atoms with Gasteiger partial charge in [0.1, 0.15) is 0 Å². The van der Waals surface area contributed by atoms with Crippen LogP contribution in [0.1, 0.15) is 12.8 Å². The number of carboxylic acid groups (broad SMARTS) is 2. The molecule has 0 aliphatic rings. The van der Waals surface area contributed by atoms with Gasteiger partial charge in [0, 0.05) is 0 Å². The third kappa shape index (κ3) is 4.50. The van der Waals surface area contributed by atoms with Crippen LogP contribution in [-0.4, -0.2) is 32.7 Å². The molecule has 0 radical (unpaired) electrons. The van der Waals surface area contributed by atoms with Gasteiger partial charge < -0.3 is 10.2 Å². The van der Waals surface area contributed by atoms with Crippen molar-refractivity contribution in [1.82, 2.24) is 0 Å². The van der Waals surface area contributed by atoms with Gasteiger partial charge in [0.2, 0.25) is 0 Å². The minimum absolute atomic E-state index is 0.207. The van der Waals surface area contributed by atoms with Crippen LogP contribution in [0, 0.1) is 0 Å². The van der Waals surface area contributed by atoms with Crippen LogP contribution < -0.4 is 0 Å². The number of thiol groups is 2. The highest BCUT2D eigenvalue weighted by atomic mass is 32.1. The number of hydrogen-bond acceptors (Lipinski definition) is 4. The molecule has 0 heterocycles. The van der Waals surface area contributed by atoms with Gasteiger partial charge in [-0.1, -0.05) is 0 Å². The van der Waals surface area contributed by atoms with E-state index in [1.54, 1.807) is 0 Å². The van der Waals surface area contributed by atoms with Crippen molar-refractivity contribution in [2.75, 3.05) is 0 Å². The van der Waals surface area contributed by atoms with Crippen LogP contribution in [0.2, 0.25) is 0 Å². The van der Waals surface area contributed by atoms with Crippen LogP contribution in [-0.2, 0) is 9.59 Å². The molecular weight excluding hydrogens is 200 g/mol. The van der Waals surface area contributed by atoms with Crippen molar-refractivity contribution in [2.45, 2.75) is 23.3 Å². The Morgan fingerprint density at radius 3 is 1.42 bits per heavy atom. The van der Waals surface area contributed by atoms with Crippen molar-refractivity contribution in [3.63, 3.8) is 0 Å². The van der Waals surface area contributed by atoms with Crippen molar-refractivity contribution in [1.29, 1.82) is 0 Å². The fourth-order valence-corrected chi connectivity index (χ4v) is 0.861. The maximum absolute atomic E-state index is 10.2. The standard InChI is InChI=1S/C6H10O4S2/c7-5(8)3(11)1-2-4(12)6(9)10/h3-4,11-12H,1-2H2,(H,7,8)(H,9,10)/t3-,4+. The summed E-state index contributed by atoms with van der Waals surface area (Å²) in [4.78, 5) is 20.5. The van der Waals surface area contributed by atoms with Crippen LogP contribution in [0.5, 0.6) is 0 Å². The number of carbonyl (C=O) groups is 2. The summed E-state index contributed by atoms with van der Waals surface area (Å²) in [6.07, 6.45) is 0.415. The van der Waals surface area contributed by atoms with Crippen molar-refractivity contribution in [2.24, 2.45) is 0 Å². The monoisotopic (exact) mass is 210 g/mol. The second-order valence-electron chi connectivity index (χ2n) is 2.29. The molecule has 0 fully saturated rings. The third-order valence-corrected chi connectivity index (χ3v) is 2.24. The molecule has 0 spiro atoms. The maximum atomic E-state index is 10.2. The first-order valence-electron chi connectivity index (χ1n) is 3.27. The average Bonchev–Trinajstić information content (AvgIpc) is 1.98. The molecule has 0 aliphatic carbocycles. The molecule has 0 unspecified atom stereocenters. The van der Waals surface area contributed by atoms with E-state index in [1.807, 2.05) is 0 Å². The molecular formula is C6H10O4S2. The van der Waals surface area contributed by atoms with Gasteiger partial charge in [-0.2, -0.15) is 25.3 Å². The van der Waals surface area contributed by atoms with Gasteiger partial charge in [-0.25, -0.2) is 0 Å². The summed E-state index contributed by atoms with van der Waals surface area (Å²) in [6.45, 7) is 0. The van der Waals surface area contributed by atoms with Gasteiger partial charge in [-0.15, -0.1) is 0 Å². The molecule has 0 saturated heterocycles. The minimum atomic E-state index is -1.04. The smallest absolute Gasteiger partial charge is 0.316 e. The Morgan fingerprint density at radius 1 is 1.00 bits per heavy atom. The molecule has 2 atom stereocenters. The zero-order chi connectivity index (χ0) is 9.72. The van der Waals surface area contributed by atoms with E-state index in [0.717, 1.165) is 0 Å². The Labute approximate surface area is 80.8 Å². The quantitative estimate of drug-likeness (QED) is 0.499. The molecule has 0 saturated carbocycles. The van der Waals surface area contributed by atoms with Crippen molar-refractivity contribution >= 4 is 37.2 Å². The number of carboxylic acids is 2. The Kier molecular flexibility index (Phi) is 5.16. The zero-order valence-electron chi connectivity index (χ0n) is 6.17. The summed E-state index contributed by atoms with van der Waals surface area (Å²) in [5, 5.41) is 15.2. The summed E-state index contributed by atoms with van der Waals surface area (Å²) in [7, 11) is 0. The second kappa shape index (κ2) is 5.31. The number of aliphatic carboxylic acids is 2. The molecule has 0 aromatic carbocycles. The first kappa shape index (κ1) is 11.6. The van der Waals surface area contributed by atoms with Gasteiger partial charge in [0.25, 0.3) is 0 Å². The molecule has 70 valence electrons. The molecule has 0 aromatic heterocycles. The topological polar surface area (TPSA) is 74.6 Å². The molecule has 2 N–H and O–H groups in total. The Morgan fingerprint density at radius 2 is 1.25 bits per heavy atom. The molecule has 4 nitrogen and oxygen atoms in total. The highest BCUT2D eigenvalue weighted by Gasteiger charge is 2.17. The fourth-order valence-electron chi connectivity index (χ4n) is 0.563. The summed E-state index contributed by atoms with van der Waals surface area (Å²) >= 11 is 7.48. The van der Waals surface area contributed by atoms with Crippen LogP contribution in [0.15, 0.2) is 0 Å². The number of rotatable bonds is 5. The van der Waals surface area contributed by atoms with E-state index < -0.39 is 22.4 Å². The van der Waals surface area contributed by atoms with E-state index in [4.69, 9.17) is 10.2 Å². The van der Waals surface area contributed by atoms with E-state index in [9.17, 15) is 9.59 Å². The molecule has 6 heteroatoms. The summed E-state index contributed by atoms with van der Waals surface area (Å²) in [6, 6.07) is 0. The normalized spacial score (nSPS) is 15.2. The molecule has 0 amide bonds. The van der Waals surface area contributed by atoms with Crippen molar-refractivity contribution < 1.29 is 19.8 Å². The largest absolute Gasteiger partial charge is 0.480 e. The SMILES string of the molecule is O=C(O)[C@H](S)CC[C@H](S)C(=O)O. The Hall–Kier alpha value is -0.360. The summed E-state index contributed by atoms with van der Waals surface area (Å²) < 4.78 is 0. The van der Waals surface area contributed by atoms with Crippen LogP contribution in [0.25, 0.3) is 0 Å². The first-order valence-corrected chi connectivity index (χ1v) is 4.30. The van der Waals surface area contributed by atoms with Gasteiger partial charge in [-0.05, 0) is 12.8 Å². The van der Waals surface area contributed by atoms with Crippen LogP contribution in [0.3, 0.4) is 0 Å². The Bertz CT molecular complexity index is 162. The zero-order valence-corrected chi connectivity index (χ0v) is 7.96. The molecule has 0 aliphatic heterocycles. The minimum Gasteiger partial charge on any atom is -0.480 e. The molecule has 0 aromatic rings. The highest BCUT2D eigenvalue weighted by Crippen LogP contribution is 2.11. The van der Waals surface area contributed by atoms with Crippen LogP contribution in [0.4, 0.5) is 0 Å². The lowest BCUT2D eigenvalue weighted by Gasteiger charge is -2.07. The highest BCUT2D eigenvalue weighted by molar-refractivity contribution is 7.82. The third-order valence-electron chi connectivity index (χ3n) is 1.28. The summed E-state index contributed by atoms with van der Waals surface area (Å²) in [5.74, 6) is -2.08. The molecule has 12 heavy (non-hydrogen) atoms. The van der Waals surface area contributed by atoms with Gasteiger partial charge >= 0.3 is 11.9 Å².